The number of anilines is 1. The van der Waals surface area contributed by atoms with Gasteiger partial charge in [-0.25, -0.2) is 4.98 Å². The maximum atomic E-state index is 10.6. The van der Waals surface area contributed by atoms with Gasteiger partial charge in [-0.2, -0.15) is 0 Å². The molecule has 14 heavy (non-hydrogen) atoms. The fourth-order valence-corrected chi connectivity index (χ4v) is 2.91. The van der Waals surface area contributed by atoms with Gasteiger partial charge >= 0.3 is 0 Å². The molecule has 0 saturated carbocycles. The van der Waals surface area contributed by atoms with Gasteiger partial charge in [-0.15, -0.1) is 0 Å². The molecule has 3 nitrogen and oxygen atoms in total. The average Bonchev–Trinajstić information content (AvgIpc) is 2.71. The van der Waals surface area contributed by atoms with Crippen molar-refractivity contribution in [2.24, 2.45) is 0 Å². The van der Waals surface area contributed by atoms with E-state index in [2.05, 4.69) is 16.8 Å². The first-order valence-electron chi connectivity index (χ1n) is 4.60. The summed E-state index contributed by atoms with van der Waals surface area (Å²) in [5.74, 6) is 0. The van der Waals surface area contributed by atoms with Crippen molar-refractivity contribution in [1.29, 1.82) is 0 Å². The van der Waals surface area contributed by atoms with Crippen molar-refractivity contribution < 1.29 is 4.79 Å². The fraction of sp³-hybridized carbons (Fsp3) is 0.556. The molecule has 1 atom stereocenters. The van der Waals surface area contributed by atoms with E-state index < -0.39 is 0 Å². The highest BCUT2D eigenvalue weighted by Gasteiger charge is 2.24. The van der Waals surface area contributed by atoms with E-state index in [-0.39, 0.29) is 0 Å². The zero-order chi connectivity index (χ0) is 10.1. The van der Waals surface area contributed by atoms with Gasteiger partial charge in [0.05, 0.1) is 0 Å². The van der Waals surface area contributed by atoms with E-state index in [9.17, 15) is 4.79 Å². The minimum Gasteiger partial charge on any atom is -0.345 e. The number of rotatable bonds is 2. The lowest BCUT2D eigenvalue weighted by molar-refractivity contribution is 0.112. The first-order chi connectivity index (χ1) is 6.72. The molecular weight excluding hydrogens is 220 g/mol. The molecule has 1 aliphatic rings. The van der Waals surface area contributed by atoms with E-state index in [4.69, 9.17) is 11.6 Å². The lowest BCUT2D eigenvalue weighted by atomic mass is 10.2. The van der Waals surface area contributed by atoms with E-state index >= 15 is 0 Å². The zero-order valence-corrected chi connectivity index (χ0v) is 9.44. The number of hydrogen-bond donors (Lipinski definition) is 0. The molecule has 0 bridgehead atoms. The Labute approximate surface area is 91.7 Å². The minimum atomic E-state index is 0.333. The van der Waals surface area contributed by atoms with Crippen LogP contribution in [-0.4, -0.2) is 23.9 Å². The average molecular weight is 231 g/mol. The van der Waals surface area contributed by atoms with Crippen LogP contribution < -0.4 is 4.90 Å². The van der Waals surface area contributed by atoms with Crippen molar-refractivity contribution >= 4 is 34.4 Å². The number of aldehydes is 1. The van der Waals surface area contributed by atoms with Gasteiger partial charge in [0, 0.05) is 12.6 Å². The Morgan fingerprint density at radius 3 is 3.00 bits per heavy atom. The second kappa shape index (κ2) is 3.87. The maximum absolute atomic E-state index is 10.6. The van der Waals surface area contributed by atoms with Crippen molar-refractivity contribution in [1.82, 2.24) is 4.98 Å². The smallest absolute Gasteiger partial charge is 0.187 e. The molecule has 0 radical (unpaired) electrons. The van der Waals surface area contributed by atoms with Crippen molar-refractivity contribution in [3.8, 4) is 0 Å². The normalized spacial score (nSPS) is 21.6. The van der Waals surface area contributed by atoms with Crippen LogP contribution in [0, 0.1) is 0 Å². The van der Waals surface area contributed by atoms with Crippen molar-refractivity contribution in [2.45, 2.75) is 25.8 Å². The summed E-state index contributed by atoms with van der Waals surface area (Å²) in [5.41, 5.74) is 0. The summed E-state index contributed by atoms with van der Waals surface area (Å²) in [7, 11) is 0. The highest BCUT2D eigenvalue weighted by Crippen LogP contribution is 2.32. The largest absolute Gasteiger partial charge is 0.345 e. The summed E-state index contributed by atoms with van der Waals surface area (Å²) in [6.45, 7) is 3.19. The molecule has 0 N–H and O–H groups in total. The third-order valence-corrected chi connectivity index (χ3v) is 3.92. The lowest BCUT2D eigenvalue weighted by Gasteiger charge is -2.19. The highest BCUT2D eigenvalue weighted by atomic mass is 35.5. The minimum absolute atomic E-state index is 0.333. The number of thiazole rings is 1. The molecule has 0 aromatic carbocycles. The quantitative estimate of drug-likeness (QED) is 0.733. The number of halogens is 1. The summed E-state index contributed by atoms with van der Waals surface area (Å²) in [6.07, 6.45) is 3.15. The van der Waals surface area contributed by atoms with Crippen LogP contribution in [0.2, 0.25) is 5.15 Å². The van der Waals surface area contributed by atoms with Gasteiger partial charge in [0.2, 0.25) is 0 Å². The van der Waals surface area contributed by atoms with Crippen LogP contribution >= 0.6 is 22.9 Å². The Morgan fingerprint density at radius 2 is 2.50 bits per heavy atom. The standard InChI is InChI=1S/C9H11ClN2OS/c1-6-3-2-4-12(6)9-11-8(10)7(5-13)14-9/h5-6H,2-4H2,1H3/t6-/m1/s1. The third-order valence-electron chi connectivity index (χ3n) is 2.50. The molecule has 2 rings (SSSR count). The Morgan fingerprint density at radius 1 is 1.71 bits per heavy atom. The molecule has 5 heteroatoms. The van der Waals surface area contributed by atoms with Crippen molar-refractivity contribution in [3.63, 3.8) is 0 Å². The Hall–Kier alpha value is -0.610. The van der Waals surface area contributed by atoms with Crippen LogP contribution in [0.1, 0.15) is 29.4 Å². The molecule has 1 aromatic rings. The first-order valence-corrected chi connectivity index (χ1v) is 5.80. The van der Waals surface area contributed by atoms with Gasteiger partial charge in [0.1, 0.15) is 4.88 Å². The molecule has 1 saturated heterocycles. The summed E-state index contributed by atoms with van der Waals surface area (Å²) < 4.78 is 0. The molecule has 0 amide bonds. The van der Waals surface area contributed by atoms with E-state index in [1.807, 2.05) is 0 Å². The van der Waals surface area contributed by atoms with Crippen molar-refractivity contribution in [2.75, 3.05) is 11.4 Å². The lowest BCUT2D eigenvalue weighted by Crippen LogP contribution is -2.25. The zero-order valence-electron chi connectivity index (χ0n) is 7.86. The van der Waals surface area contributed by atoms with Gasteiger partial charge < -0.3 is 4.90 Å². The highest BCUT2D eigenvalue weighted by molar-refractivity contribution is 7.17. The SMILES string of the molecule is C[C@@H]1CCCN1c1nc(Cl)c(C=O)s1. The van der Waals surface area contributed by atoms with Crippen LogP contribution in [0.4, 0.5) is 5.13 Å². The number of carbonyl (C=O) groups is 1. The number of aromatic nitrogens is 1. The van der Waals surface area contributed by atoms with E-state index in [0.29, 0.717) is 16.1 Å². The predicted octanol–water partition coefficient (Wildman–Crippen LogP) is 2.60. The van der Waals surface area contributed by atoms with Crippen LogP contribution in [-0.2, 0) is 0 Å². The molecule has 0 unspecified atom stereocenters. The molecule has 2 heterocycles. The molecular formula is C9H11ClN2OS. The monoisotopic (exact) mass is 230 g/mol. The van der Waals surface area contributed by atoms with Gasteiger partial charge in [0.25, 0.3) is 0 Å². The van der Waals surface area contributed by atoms with Crippen LogP contribution in [0.3, 0.4) is 0 Å². The van der Waals surface area contributed by atoms with Crippen LogP contribution in [0.15, 0.2) is 0 Å². The van der Waals surface area contributed by atoms with Crippen molar-refractivity contribution in [3.05, 3.63) is 10.0 Å². The molecule has 76 valence electrons. The second-order valence-electron chi connectivity index (χ2n) is 3.45. The molecule has 0 spiro atoms. The molecule has 1 aliphatic heterocycles. The Bertz CT molecular complexity index is 353. The van der Waals surface area contributed by atoms with Gasteiger partial charge in [-0.3, -0.25) is 4.79 Å². The van der Waals surface area contributed by atoms with Gasteiger partial charge in [0.15, 0.2) is 16.6 Å². The van der Waals surface area contributed by atoms with E-state index in [1.54, 1.807) is 0 Å². The Balaban J connectivity index is 2.27. The van der Waals surface area contributed by atoms with Gasteiger partial charge in [-0.05, 0) is 19.8 Å². The number of hydrogen-bond acceptors (Lipinski definition) is 4. The van der Waals surface area contributed by atoms with Gasteiger partial charge in [-0.1, -0.05) is 22.9 Å². The second-order valence-corrected chi connectivity index (χ2v) is 4.82. The number of nitrogens with zero attached hydrogens (tertiary/aromatic N) is 2. The van der Waals surface area contributed by atoms with E-state index in [0.717, 1.165) is 18.0 Å². The summed E-state index contributed by atoms with van der Waals surface area (Å²) in [4.78, 5) is 17.5. The Kier molecular flexibility index (Phi) is 2.74. The van der Waals surface area contributed by atoms with Crippen LogP contribution in [0.25, 0.3) is 0 Å². The molecule has 0 aliphatic carbocycles. The first kappa shape index (κ1) is 9.93. The van der Waals surface area contributed by atoms with E-state index in [1.165, 1.54) is 24.2 Å². The number of carbonyl (C=O) groups excluding carboxylic acids is 1. The molecule has 1 fully saturated rings. The predicted molar refractivity (Wildman–Crippen MR) is 58.6 cm³/mol. The topological polar surface area (TPSA) is 33.2 Å². The summed E-state index contributed by atoms with van der Waals surface area (Å²) in [5, 5.41) is 1.21. The fourth-order valence-electron chi connectivity index (χ4n) is 1.72. The summed E-state index contributed by atoms with van der Waals surface area (Å²) in [6, 6.07) is 0.511. The van der Waals surface area contributed by atoms with Crippen LogP contribution in [0.5, 0.6) is 0 Å². The summed E-state index contributed by atoms with van der Waals surface area (Å²) >= 11 is 7.19. The maximum Gasteiger partial charge on any atom is 0.187 e. The third kappa shape index (κ3) is 1.64. The molecule has 1 aromatic heterocycles.